The number of nitrogens with zero attached hydrogens (tertiary/aromatic N) is 1. The zero-order valence-electron chi connectivity index (χ0n) is 11.1. The quantitative estimate of drug-likeness (QED) is 0.643. The van der Waals surface area contributed by atoms with E-state index in [1.165, 1.54) is 6.07 Å². The number of anilines is 1. The monoisotopic (exact) mass is 294 g/mol. The number of benzene rings is 1. The number of nitro groups is 1. The Morgan fingerprint density at radius 2 is 2.19 bits per heavy atom. The van der Waals surface area contributed by atoms with E-state index in [-0.39, 0.29) is 28.8 Å². The lowest BCUT2D eigenvalue weighted by molar-refractivity contribution is -0.384. The smallest absolute Gasteiger partial charge is 0.338 e. The van der Waals surface area contributed by atoms with Gasteiger partial charge < -0.3 is 15.2 Å². The molecule has 1 amide bonds. The number of carboxylic acid groups (broad SMARTS) is 1. The van der Waals surface area contributed by atoms with Gasteiger partial charge >= 0.3 is 5.97 Å². The minimum atomic E-state index is -1.34. The van der Waals surface area contributed by atoms with Crippen molar-refractivity contribution >= 4 is 23.3 Å². The molecule has 1 saturated heterocycles. The number of aromatic carboxylic acids is 1. The van der Waals surface area contributed by atoms with Crippen molar-refractivity contribution in [1.29, 1.82) is 0 Å². The number of carbonyl (C=O) groups excluding carboxylic acids is 1. The molecule has 2 N–H and O–H groups in total. The van der Waals surface area contributed by atoms with Crippen LogP contribution in [0.25, 0.3) is 0 Å². The van der Waals surface area contributed by atoms with E-state index in [1.807, 2.05) is 0 Å². The number of carbonyl (C=O) groups is 2. The Morgan fingerprint density at radius 3 is 2.76 bits per heavy atom. The summed E-state index contributed by atoms with van der Waals surface area (Å²) >= 11 is 0. The Balaban J connectivity index is 2.20. The van der Waals surface area contributed by atoms with Gasteiger partial charge in [0.25, 0.3) is 5.69 Å². The summed E-state index contributed by atoms with van der Waals surface area (Å²) in [6.07, 6.45) is 1.44. The maximum absolute atomic E-state index is 12.0. The summed E-state index contributed by atoms with van der Waals surface area (Å²) in [6, 6.07) is 3.30. The van der Waals surface area contributed by atoms with Crippen molar-refractivity contribution in [2.24, 2.45) is 5.92 Å². The Kier molecular flexibility index (Phi) is 4.49. The minimum absolute atomic E-state index is 0.0451. The first-order valence-electron chi connectivity index (χ1n) is 6.39. The maximum atomic E-state index is 12.0. The lowest BCUT2D eigenvalue weighted by Gasteiger charge is -2.21. The molecule has 112 valence electrons. The van der Waals surface area contributed by atoms with Crippen LogP contribution in [0.4, 0.5) is 11.4 Å². The van der Waals surface area contributed by atoms with E-state index in [0.717, 1.165) is 18.6 Å². The van der Waals surface area contributed by atoms with Crippen molar-refractivity contribution in [3.8, 4) is 0 Å². The summed E-state index contributed by atoms with van der Waals surface area (Å²) < 4.78 is 5.20. The molecule has 1 aliphatic rings. The molecular formula is C13H14N2O6. The summed E-state index contributed by atoms with van der Waals surface area (Å²) in [5.41, 5.74) is -0.607. The molecule has 0 saturated carbocycles. The molecule has 1 fully saturated rings. The fourth-order valence-electron chi connectivity index (χ4n) is 2.11. The number of hydrogen-bond acceptors (Lipinski definition) is 5. The third-order valence-electron chi connectivity index (χ3n) is 3.23. The van der Waals surface area contributed by atoms with Crippen LogP contribution < -0.4 is 5.32 Å². The second kappa shape index (κ2) is 6.31. The van der Waals surface area contributed by atoms with Gasteiger partial charge in [0.2, 0.25) is 5.91 Å². The molecule has 8 nitrogen and oxygen atoms in total. The van der Waals surface area contributed by atoms with Crippen LogP contribution in [-0.2, 0) is 9.53 Å². The Bertz CT molecular complexity index is 580. The molecule has 0 aromatic heterocycles. The van der Waals surface area contributed by atoms with Crippen molar-refractivity contribution in [3.05, 3.63) is 33.9 Å². The zero-order valence-corrected chi connectivity index (χ0v) is 11.1. The molecule has 1 aromatic rings. The molecule has 21 heavy (non-hydrogen) atoms. The summed E-state index contributed by atoms with van der Waals surface area (Å²) in [7, 11) is 0. The second-order valence-corrected chi connectivity index (χ2v) is 4.70. The Labute approximate surface area is 119 Å². The van der Waals surface area contributed by atoms with Crippen LogP contribution in [0, 0.1) is 16.0 Å². The number of carboxylic acids is 1. The predicted molar refractivity (Wildman–Crippen MR) is 72.2 cm³/mol. The number of ether oxygens (including phenoxy) is 1. The van der Waals surface area contributed by atoms with Crippen molar-refractivity contribution < 1.29 is 24.4 Å². The van der Waals surface area contributed by atoms with Crippen molar-refractivity contribution in [2.75, 3.05) is 18.5 Å². The van der Waals surface area contributed by atoms with Crippen LogP contribution in [0.2, 0.25) is 0 Å². The molecular weight excluding hydrogens is 280 g/mol. The fourth-order valence-corrected chi connectivity index (χ4v) is 2.11. The molecule has 1 atom stereocenters. The summed E-state index contributed by atoms with van der Waals surface area (Å²) in [6.45, 7) is 0.906. The number of amides is 1. The largest absolute Gasteiger partial charge is 0.478 e. The molecule has 8 heteroatoms. The minimum Gasteiger partial charge on any atom is -0.478 e. The molecule has 0 bridgehead atoms. The van der Waals surface area contributed by atoms with Crippen LogP contribution in [0.5, 0.6) is 0 Å². The van der Waals surface area contributed by atoms with Crippen molar-refractivity contribution in [2.45, 2.75) is 12.8 Å². The first-order chi connectivity index (χ1) is 9.99. The van der Waals surface area contributed by atoms with Gasteiger partial charge in [0.15, 0.2) is 0 Å². The van der Waals surface area contributed by atoms with Crippen molar-refractivity contribution in [3.63, 3.8) is 0 Å². The molecule has 1 heterocycles. The molecule has 0 aliphatic carbocycles. The van der Waals surface area contributed by atoms with Gasteiger partial charge in [-0.05, 0) is 18.9 Å². The average Bonchev–Trinajstić information content (AvgIpc) is 2.48. The highest BCUT2D eigenvalue weighted by molar-refractivity contribution is 6.01. The van der Waals surface area contributed by atoms with Crippen LogP contribution in [0.1, 0.15) is 23.2 Å². The fraction of sp³-hybridized carbons (Fsp3) is 0.385. The topological polar surface area (TPSA) is 119 Å². The summed E-state index contributed by atoms with van der Waals surface area (Å²) in [5.74, 6) is -2.02. The predicted octanol–water partition coefficient (Wildman–Crippen LogP) is 1.66. The zero-order chi connectivity index (χ0) is 15.4. The highest BCUT2D eigenvalue weighted by Crippen LogP contribution is 2.24. The summed E-state index contributed by atoms with van der Waals surface area (Å²) in [4.78, 5) is 33.2. The third kappa shape index (κ3) is 3.54. The lowest BCUT2D eigenvalue weighted by Crippen LogP contribution is -2.30. The van der Waals surface area contributed by atoms with Gasteiger partial charge in [-0.15, -0.1) is 0 Å². The highest BCUT2D eigenvalue weighted by atomic mass is 16.6. The number of rotatable bonds is 4. The van der Waals surface area contributed by atoms with E-state index in [9.17, 15) is 19.7 Å². The molecule has 0 spiro atoms. The van der Waals surface area contributed by atoms with Gasteiger partial charge in [-0.3, -0.25) is 14.9 Å². The van der Waals surface area contributed by atoms with E-state index < -0.39 is 10.9 Å². The van der Waals surface area contributed by atoms with Crippen LogP contribution >= 0.6 is 0 Å². The SMILES string of the molecule is O=C(O)c1cc([N+](=O)[O-])ccc1NC(=O)C1CCCOC1. The normalized spacial score (nSPS) is 18.0. The van der Waals surface area contributed by atoms with E-state index >= 15 is 0 Å². The number of nitro benzene ring substituents is 1. The van der Waals surface area contributed by atoms with Crippen LogP contribution in [-0.4, -0.2) is 35.1 Å². The summed E-state index contributed by atoms with van der Waals surface area (Å²) in [5, 5.41) is 22.3. The molecule has 1 unspecified atom stereocenters. The van der Waals surface area contributed by atoms with Gasteiger partial charge in [-0.2, -0.15) is 0 Å². The molecule has 0 radical (unpaired) electrons. The highest BCUT2D eigenvalue weighted by Gasteiger charge is 2.24. The number of hydrogen-bond donors (Lipinski definition) is 2. The van der Waals surface area contributed by atoms with Gasteiger partial charge in [-0.1, -0.05) is 0 Å². The van der Waals surface area contributed by atoms with E-state index in [4.69, 9.17) is 9.84 Å². The molecule has 1 aliphatic heterocycles. The van der Waals surface area contributed by atoms with Gasteiger partial charge in [-0.25, -0.2) is 4.79 Å². The van der Waals surface area contributed by atoms with Gasteiger partial charge in [0.1, 0.15) is 0 Å². The van der Waals surface area contributed by atoms with E-state index in [2.05, 4.69) is 5.32 Å². The number of non-ortho nitro benzene ring substituents is 1. The lowest BCUT2D eigenvalue weighted by atomic mass is 10.0. The van der Waals surface area contributed by atoms with Gasteiger partial charge in [0, 0.05) is 18.7 Å². The van der Waals surface area contributed by atoms with E-state index in [0.29, 0.717) is 19.6 Å². The van der Waals surface area contributed by atoms with Crippen LogP contribution in [0.3, 0.4) is 0 Å². The average molecular weight is 294 g/mol. The van der Waals surface area contributed by atoms with Gasteiger partial charge in [0.05, 0.1) is 28.7 Å². The third-order valence-corrected chi connectivity index (χ3v) is 3.23. The maximum Gasteiger partial charge on any atom is 0.338 e. The van der Waals surface area contributed by atoms with Crippen LogP contribution in [0.15, 0.2) is 18.2 Å². The molecule has 2 rings (SSSR count). The molecule has 1 aromatic carbocycles. The van der Waals surface area contributed by atoms with E-state index in [1.54, 1.807) is 0 Å². The first kappa shape index (κ1) is 14.9. The standard InChI is InChI=1S/C13H14N2O6/c16-12(8-2-1-5-21-7-8)14-11-4-3-9(15(19)20)6-10(11)13(17)18/h3-4,6,8H,1-2,5,7H2,(H,14,16)(H,17,18). The van der Waals surface area contributed by atoms with Crippen molar-refractivity contribution in [1.82, 2.24) is 0 Å². The second-order valence-electron chi connectivity index (χ2n) is 4.70. The number of nitrogens with one attached hydrogen (secondary N) is 1. The first-order valence-corrected chi connectivity index (χ1v) is 6.39. The Morgan fingerprint density at radius 1 is 1.43 bits per heavy atom. The Hall–Kier alpha value is -2.48.